The lowest BCUT2D eigenvalue weighted by Gasteiger charge is -2.35. The van der Waals surface area contributed by atoms with Crippen molar-refractivity contribution in [3.63, 3.8) is 0 Å². The van der Waals surface area contributed by atoms with E-state index in [1.54, 1.807) is 13.8 Å². The summed E-state index contributed by atoms with van der Waals surface area (Å²) in [5.41, 5.74) is 2.41. The average molecular weight is 516 g/mol. The van der Waals surface area contributed by atoms with Crippen molar-refractivity contribution in [2.75, 3.05) is 11.9 Å². The number of amides is 1. The first kappa shape index (κ1) is 26.0. The molecule has 192 valence electrons. The molecule has 2 heterocycles. The van der Waals surface area contributed by atoms with Crippen molar-refractivity contribution in [1.82, 2.24) is 0 Å². The van der Waals surface area contributed by atoms with Crippen molar-refractivity contribution >= 4 is 35.1 Å². The molecule has 0 saturated carbocycles. The SMILES string of the molecule is CC(=O)OCC1CC(OC(C)=O)CC(c2ccc(Cl)c(Cc3ccc4c(c3)NC(=O)C(C)(C)O4)c2)O1. The molecular weight excluding hydrogens is 486 g/mol. The van der Waals surface area contributed by atoms with Crippen molar-refractivity contribution in [2.45, 2.75) is 70.9 Å². The third-order valence-corrected chi connectivity index (χ3v) is 6.57. The molecule has 1 amide bonds. The lowest BCUT2D eigenvalue weighted by atomic mass is 9.93. The van der Waals surface area contributed by atoms with Crippen LogP contribution in [0.4, 0.5) is 5.69 Å². The molecule has 1 N–H and O–H groups in total. The molecule has 2 aliphatic rings. The van der Waals surface area contributed by atoms with E-state index in [1.807, 2.05) is 36.4 Å². The Labute approximate surface area is 215 Å². The largest absolute Gasteiger partial charge is 0.476 e. The van der Waals surface area contributed by atoms with Gasteiger partial charge in [-0.3, -0.25) is 14.4 Å². The summed E-state index contributed by atoms with van der Waals surface area (Å²) in [7, 11) is 0. The number of nitrogens with one attached hydrogen (secondary N) is 1. The normalized spacial score (nSPS) is 22.6. The number of fused-ring (bicyclic) bond motifs is 1. The molecule has 2 aromatic carbocycles. The van der Waals surface area contributed by atoms with E-state index in [2.05, 4.69) is 5.32 Å². The molecule has 2 aliphatic heterocycles. The summed E-state index contributed by atoms with van der Waals surface area (Å²) in [6.07, 6.45) is 0.340. The molecule has 0 radical (unpaired) electrons. The summed E-state index contributed by atoms with van der Waals surface area (Å²) in [4.78, 5) is 35.2. The van der Waals surface area contributed by atoms with Crippen LogP contribution in [0.2, 0.25) is 5.02 Å². The first-order valence-electron chi connectivity index (χ1n) is 11.9. The number of benzene rings is 2. The molecule has 3 unspecified atom stereocenters. The molecule has 8 nitrogen and oxygen atoms in total. The fourth-order valence-corrected chi connectivity index (χ4v) is 4.64. The minimum atomic E-state index is -0.927. The fourth-order valence-electron chi connectivity index (χ4n) is 4.45. The van der Waals surface area contributed by atoms with Gasteiger partial charge in [-0.05, 0) is 55.2 Å². The Hall–Kier alpha value is -3.10. The van der Waals surface area contributed by atoms with Gasteiger partial charge in [0.1, 0.15) is 18.5 Å². The maximum atomic E-state index is 12.3. The van der Waals surface area contributed by atoms with Crippen LogP contribution in [0.1, 0.15) is 63.3 Å². The molecule has 36 heavy (non-hydrogen) atoms. The third kappa shape index (κ3) is 6.17. The monoisotopic (exact) mass is 515 g/mol. The third-order valence-electron chi connectivity index (χ3n) is 6.20. The molecule has 9 heteroatoms. The summed E-state index contributed by atoms with van der Waals surface area (Å²) in [5, 5.41) is 3.50. The first-order chi connectivity index (χ1) is 17.0. The summed E-state index contributed by atoms with van der Waals surface area (Å²) in [6.45, 7) is 6.25. The number of carbonyl (C=O) groups is 3. The molecule has 4 rings (SSSR count). The van der Waals surface area contributed by atoms with Crippen LogP contribution in [0.3, 0.4) is 0 Å². The van der Waals surface area contributed by atoms with Crippen molar-refractivity contribution in [3.8, 4) is 5.75 Å². The van der Waals surface area contributed by atoms with Crippen molar-refractivity contribution in [3.05, 3.63) is 58.1 Å². The number of anilines is 1. The fraction of sp³-hybridized carbons (Fsp3) is 0.444. The Morgan fingerprint density at radius 1 is 1.11 bits per heavy atom. The average Bonchev–Trinajstić information content (AvgIpc) is 2.79. The van der Waals surface area contributed by atoms with E-state index in [-0.39, 0.29) is 30.7 Å². The second-order valence-electron chi connectivity index (χ2n) is 9.68. The summed E-state index contributed by atoms with van der Waals surface area (Å²) in [5.74, 6) is -0.342. The number of hydrogen-bond acceptors (Lipinski definition) is 7. The smallest absolute Gasteiger partial charge is 0.302 e. The van der Waals surface area contributed by atoms with Crippen LogP contribution in [0.15, 0.2) is 36.4 Å². The zero-order valence-corrected chi connectivity index (χ0v) is 21.5. The van der Waals surface area contributed by atoms with Gasteiger partial charge in [-0.15, -0.1) is 0 Å². The number of hydrogen-bond donors (Lipinski definition) is 1. The Morgan fingerprint density at radius 3 is 2.61 bits per heavy atom. The van der Waals surface area contributed by atoms with Gasteiger partial charge in [-0.1, -0.05) is 29.8 Å². The highest BCUT2D eigenvalue weighted by molar-refractivity contribution is 6.31. The van der Waals surface area contributed by atoms with Crippen LogP contribution < -0.4 is 10.1 Å². The maximum Gasteiger partial charge on any atom is 0.302 e. The minimum Gasteiger partial charge on any atom is -0.476 e. The second kappa shape index (κ2) is 10.5. The summed E-state index contributed by atoms with van der Waals surface area (Å²) < 4.78 is 22.6. The molecule has 0 spiro atoms. The van der Waals surface area contributed by atoms with Crippen molar-refractivity contribution in [1.29, 1.82) is 0 Å². The van der Waals surface area contributed by atoms with Crippen LogP contribution in [0.5, 0.6) is 5.75 Å². The number of rotatable bonds is 6. The van der Waals surface area contributed by atoms with E-state index in [0.29, 0.717) is 35.7 Å². The Morgan fingerprint density at radius 2 is 1.89 bits per heavy atom. The molecule has 3 atom stereocenters. The molecular formula is C27H30ClNO7. The van der Waals surface area contributed by atoms with Gasteiger partial charge in [0.25, 0.3) is 5.91 Å². The Balaban J connectivity index is 1.54. The molecule has 0 aliphatic carbocycles. The standard InChI is InChI=1S/C27H30ClNO7/c1-15(30)33-14-21-12-20(34-16(2)31)13-25(35-21)18-6-7-22(28)19(11-18)9-17-5-8-24-23(10-17)29-26(32)27(3,4)36-24/h5-8,10-11,20-21,25H,9,12-14H2,1-4H3,(H,29,32). The van der Waals surface area contributed by atoms with E-state index < -0.39 is 17.7 Å². The van der Waals surface area contributed by atoms with Gasteiger partial charge < -0.3 is 24.3 Å². The number of halogens is 1. The van der Waals surface area contributed by atoms with E-state index in [4.69, 9.17) is 30.5 Å². The van der Waals surface area contributed by atoms with E-state index in [0.717, 1.165) is 16.7 Å². The van der Waals surface area contributed by atoms with Crippen LogP contribution in [0, 0.1) is 0 Å². The summed E-state index contributed by atoms with van der Waals surface area (Å²) in [6, 6.07) is 11.4. The van der Waals surface area contributed by atoms with E-state index in [1.165, 1.54) is 13.8 Å². The van der Waals surface area contributed by atoms with Gasteiger partial charge in [0.15, 0.2) is 5.60 Å². The van der Waals surface area contributed by atoms with Crippen molar-refractivity contribution in [2.24, 2.45) is 0 Å². The summed E-state index contributed by atoms with van der Waals surface area (Å²) >= 11 is 6.54. The molecule has 2 aromatic rings. The molecule has 1 fully saturated rings. The predicted molar refractivity (Wildman–Crippen MR) is 133 cm³/mol. The van der Waals surface area contributed by atoms with E-state index >= 15 is 0 Å². The van der Waals surface area contributed by atoms with Gasteiger partial charge in [0.2, 0.25) is 0 Å². The highest BCUT2D eigenvalue weighted by atomic mass is 35.5. The van der Waals surface area contributed by atoms with Crippen LogP contribution in [0.25, 0.3) is 0 Å². The number of carbonyl (C=O) groups excluding carboxylic acids is 3. The van der Waals surface area contributed by atoms with Crippen LogP contribution in [-0.2, 0) is 35.0 Å². The minimum absolute atomic E-state index is 0.0871. The maximum absolute atomic E-state index is 12.3. The highest BCUT2D eigenvalue weighted by Crippen LogP contribution is 2.37. The van der Waals surface area contributed by atoms with E-state index in [9.17, 15) is 14.4 Å². The van der Waals surface area contributed by atoms with Crippen molar-refractivity contribution < 1.29 is 33.3 Å². The molecule has 0 aromatic heterocycles. The lowest BCUT2D eigenvalue weighted by molar-refractivity contribution is -0.169. The Bertz CT molecular complexity index is 1180. The molecule has 1 saturated heterocycles. The van der Waals surface area contributed by atoms with Gasteiger partial charge in [0.05, 0.1) is 17.9 Å². The predicted octanol–water partition coefficient (Wildman–Crippen LogP) is 4.76. The zero-order valence-electron chi connectivity index (χ0n) is 20.8. The molecule has 0 bridgehead atoms. The van der Waals surface area contributed by atoms with Gasteiger partial charge in [-0.2, -0.15) is 0 Å². The topological polar surface area (TPSA) is 100 Å². The van der Waals surface area contributed by atoms with Crippen LogP contribution >= 0.6 is 11.6 Å². The zero-order chi connectivity index (χ0) is 26.0. The second-order valence-corrected chi connectivity index (χ2v) is 10.1. The van der Waals surface area contributed by atoms with Gasteiger partial charge >= 0.3 is 11.9 Å². The highest BCUT2D eigenvalue weighted by Gasteiger charge is 2.36. The lowest BCUT2D eigenvalue weighted by Crippen LogP contribution is -2.45. The quantitative estimate of drug-likeness (QED) is 0.554. The number of ether oxygens (including phenoxy) is 4. The Kier molecular flexibility index (Phi) is 7.57. The van der Waals surface area contributed by atoms with Crippen LogP contribution in [-0.4, -0.2) is 42.3 Å². The van der Waals surface area contributed by atoms with Gasteiger partial charge in [-0.25, -0.2) is 0 Å². The first-order valence-corrected chi connectivity index (χ1v) is 12.3. The number of esters is 2. The van der Waals surface area contributed by atoms with Gasteiger partial charge in [0, 0.05) is 31.7 Å².